The number of methoxy groups -OCH3 is 2. The number of nitrogens with one attached hydrogen (secondary N) is 4. The second kappa shape index (κ2) is 15.8. The number of benzene rings is 1. The Morgan fingerprint density at radius 2 is 1.12 bits per heavy atom. The molecule has 0 saturated heterocycles. The predicted octanol–water partition coefficient (Wildman–Crippen LogP) is 5.42. The fourth-order valence-electron chi connectivity index (χ4n) is 5.11. The second-order valence-corrected chi connectivity index (χ2v) is 13.9. The molecule has 5 rings (SSSR count). The van der Waals surface area contributed by atoms with Gasteiger partial charge in [0.1, 0.15) is 24.7 Å². The SMILES string of the molecule is C=C(C)CN(Cc1ncc(-c2cc3cc4sc(-c5cnc(CN(CC(=C)C)C(=O)CNC(=O)OC)[nH]5)cc4cc3s2)[nH]1)C(=O)CNC(=O)OC. The Morgan fingerprint density at radius 3 is 1.48 bits per heavy atom. The van der Waals surface area contributed by atoms with Crippen molar-refractivity contribution >= 4 is 66.8 Å². The minimum atomic E-state index is -0.676. The van der Waals surface area contributed by atoms with Crippen molar-refractivity contribution in [3.05, 3.63) is 72.6 Å². The maximum atomic E-state index is 12.8. The lowest BCUT2D eigenvalue weighted by molar-refractivity contribution is -0.131. The smallest absolute Gasteiger partial charge is 0.407 e. The zero-order valence-electron chi connectivity index (χ0n) is 28.2. The summed E-state index contributed by atoms with van der Waals surface area (Å²) in [6, 6.07) is 8.56. The molecule has 4 heterocycles. The van der Waals surface area contributed by atoms with Crippen molar-refractivity contribution in [2.45, 2.75) is 26.9 Å². The van der Waals surface area contributed by atoms with Gasteiger partial charge in [0, 0.05) is 22.5 Å². The Kier molecular flexibility index (Phi) is 11.3. The largest absolute Gasteiger partial charge is 0.453 e. The Labute approximate surface area is 296 Å². The third-order valence-electron chi connectivity index (χ3n) is 7.39. The van der Waals surface area contributed by atoms with Crippen LogP contribution in [0, 0.1) is 0 Å². The number of H-pyrrole nitrogens is 2. The second-order valence-electron chi connectivity index (χ2n) is 11.7. The zero-order valence-corrected chi connectivity index (χ0v) is 29.8. The lowest BCUT2D eigenvalue weighted by Crippen LogP contribution is -2.40. The van der Waals surface area contributed by atoms with E-state index in [2.05, 4.69) is 77.5 Å². The summed E-state index contributed by atoms with van der Waals surface area (Å²) in [5.41, 5.74) is 3.27. The van der Waals surface area contributed by atoms with Gasteiger partial charge in [0.2, 0.25) is 11.8 Å². The van der Waals surface area contributed by atoms with E-state index in [4.69, 9.17) is 0 Å². The van der Waals surface area contributed by atoms with E-state index in [0.717, 1.165) is 52.5 Å². The van der Waals surface area contributed by atoms with Crippen LogP contribution in [0.3, 0.4) is 0 Å². The Bertz CT molecular complexity index is 1880. The number of rotatable bonds is 14. The quantitative estimate of drug-likeness (QED) is 0.110. The van der Waals surface area contributed by atoms with Crippen LogP contribution in [0.15, 0.2) is 61.0 Å². The lowest BCUT2D eigenvalue weighted by atomic mass is 10.2. The molecule has 0 aliphatic rings. The number of nitrogens with zero attached hydrogens (tertiary/aromatic N) is 4. The number of alkyl carbamates (subject to hydrolysis) is 2. The first-order valence-corrected chi connectivity index (χ1v) is 17.1. The van der Waals surface area contributed by atoms with Crippen molar-refractivity contribution in [2.75, 3.05) is 40.4 Å². The number of aromatic nitrogens is 4. The number of hydrogen-bond acceptors (Lipinski definition) is 10. The summed E-state index contributed by atoms with van der Waals surface area (Å²) in [6.45, 7) is 12.2. The van der Waals surface area contributed by atoms with E-state index in [1.807, 2.05) is 13.8 Å². The summed E-state index contributed by atoms with van der Waals surface area (Å²) in [7, 11) is 2.48. The summed E-state index contributed by atoms with van der Waals surface area (Å²) >= 11 is 3.27. The molecule has 4 amide bonds. The highest BCUT2D eigenvalue weighted by Crippen LogP contribution is 2.39. The van der Waals surface area contributed by atoms with E-state index < -0.39 is 12.2 Å². The summed E-state index contributed by atoms with van der Waals surface area (Å²) < 4.78 is 11.3. The van der Waals surface area contributed by atoms with Crippen molar-refractivity contribution in [1.29, 1.82) is 0 Å². The summed E-state index contributed by atoms with van der Waals surface area (Å²) in [6.07, 6.45) is 2.16. The summed E-state index contributed by atoms with van der Waals surface area (Å²) in [4.78, 5) is 69.4. The topological polar surface area (TPSA) is 175 Å². The minimum absolute atomic E-state index is 0.197. The van der Waals surface area contributed by atoms with Gasteiger partial charge in [-0.1, -0.05) is 24.3 Å². The van der Waals surface area contributed by atoms with Crippen LogP contribution >= 0.6 is 22.7 Å². The third-order valence-corrected chi connectivity index (χ3v) is 9.65. The first-order valence-electron chi connectivity index (χ1n) is 15.5. The molecule has 262 valence electrons. The number of amides is 4. The molecule has 0 bridgehead atoms. The molecule has 4 aromatic heterocycles. The van der Waals surface area contributed by atoms with E-state index in [1.54, 1.807) is 44.9 Å². The van der Waals surface area contributed by atoms with Gasteiger partial charge < -0.3 is 39.9 Å². The molecule has 0 spiro atoms. The van der Waals surface area contributed by atoms with Crippen LogP contribution in [0.5, 0.6) is 0 Å². The summed E-state index contributed by atoms with van der Waals surface area (Å²) in [5.74, 6) is 0.655. The standard InChI is InChI=1S/C34H38N8O6S2/c1-19(2)15-41(31(43)13-37-33(45)47-5)17-29-35-11-23(39-29)27-9-21-7-26-22(8-25(21)49-27)10-28(50-26)24-12-36-30(40-24)18-42(16-20(3)4)32(44)14-38-34(46)48-6/h7-12H,1,3,13-18H2,2,4-6H3,(H,35,39)(H,36,40)(H,37,45)(H,38,46). The highest BCUT2D eigenvalue weighted by Gasteiger charge is 2.20. The third kappa shape index (κ3) is 8.95. The highest BCUT2D eigenvalue weighted by atomic mass is 32.1. The van der Waals surface area contributed by atoms with Gasteiger partial charge in [-0.3, -0.25) is 9.59 Å². The van der Waals surface area contributed by atoms with Gasteiger partial charge in [-0.15, -0.1) is 22.7 Å². The predicted molar refractivity (Wildman–Crippen MR) is 194 cm³/mol. The molecule has 50 heavy (non-hydrogen) atoms. The molecule has 0 aliphatic heterocycles. The number of carbonyl (C=O) groups excluding carboxylic acids is 4. The molecule has 14 nitrogen and oxygen atoms in total. The van der Waals surface area contributed by atoms with Crippen LogP contribution in [0.4, 0.5) is 9.59 Å². The number of hydrogen-bond donors (Lipinski definition) is 4. The van der Waals surface area contributed by atoms with E-state index in [9.17, 15) is 19.2 Å². The number of thiophene rings is 2. The molecular weight excluding hydrogens is 681 g/mol. The molecule has 1 aromatic carbocycles. The number of ether oxygens (including phenoxy) is 2. The molecule has 0 radical (unpaired) electrons. The molecule has 0 unspecified atom stereocenters. The van der Waals surface area contributed by atoms with Crippen LogP contribution in [0.1, 0.15) is 25.5 Å². The van der Waals surface area contributed by atoms with Crippen molar-refractivity contribution in [1.82, 2.24) is 40.4 Å². The van der Waals surface area contributed by atoms with Crippen molar-refractivity contribution in [3.63, 3.8) is 0 Å². The van der Waals surface area contributed by atoms with Crippen LogP contribution < -0.4 is 10.6 Å². The van der Waals surface area contributed by atoms with Crippen LogP contribution in [0.2, 0.25) is 0 Å². The van der Waals surface area contributed by atoms with E-state index in [0.29, 0.717) is 24.7 Å². The molecular formula is C34H38N8O6S2. The number of fused-ring (bicyclic) bond motifs is 2. The molecule has 16 heteroatoms. The Hall–Kier alpha value is -5.48. The highest BCUT2D eigenvalue weighted by molar-refractivity contribution is 7.23. The Balaban J connectivity index is 1.29. The van der Waals surface area contributed by atoms with Gasteiger partial charge in [-0.2, -0.15) is 0 Å². The number of aromatic amines is 2. The van der Waals surface area contributed by atoms with E-state index in [-0.39, 0.29) is 38.0 Å². The van der Waals surface area contributed by atoms with Gasteiger partial charge in [0.05, 0.1) is 60.8 Å². The summed E-state index contributed by atoms with van der Waals surface area (Å²) in [5, 5.41) is 7.03. The average molecular weight is 719 g/mol. The minimum Gasteiger partial charge on any atom is -0.453 e. The van der Waals surface area contributed by atoms with Crippen molar-refractivity contribution in [3.8, 4) is 21.1 Å². The first kappa shape index (κ1) is 35.8. The van der Waals surface area contributed by atoms with Crippen molar-refractivity contribution < 1.29 is 28.7 Å². The molecule has 4 N–H and O–H groups in total. The van der Waals surface area contributed by atoms with Crippen LogP contribution in [0.25, 0.3) is 41.3 Å². The zero-order chi connectivity index (χ0) is 35.9. The monoisotopic (exact) mass is 718 g/mol. The van der Waals surface area contributed by atoms with Crippen LogP contribution in [-0.2, 0) is 32.2 Å². The normalized spacial score (nSPS) is 11.0. The number of imidazole rings is 2. The van der Waals surface area contributed by atoms with Gasteiger partial charge in [-0.25, -0.2) is 19.6 Å². The van der Waals surface area contributed by atoms with Gasteiger partial charge in [0.15, 0.2) is 0 Å². The maximum absolute atomic E-state index is 12.8. The van der Waals surface area contributed by atoms with E-state index >= 15 is 0 Å². The van der Waals surface area contributed by atoms with Crippen molar-refractivity contribution in [2.24, 2.45) is 0 Å². The fraction of sp³-hybridized carbons (Fsp3) is 0.294. The van der Waals surface area contributed by atoms with Gasteiger partial charge in [0.25, 0.3) is 0 Å². The lowest BCUT2D eigenvalue weighted by Gasteiger charge is -2.22. The van der Waals surface area contributed by atoms with Gasteiger partial charge >= 0.3 is 12.2 Å². The van der Waals surface area contributed by atoms with Crippen LogP contribution in [-0.4, -0.2) is 94.1 Å². The van der Waals surface area contributed by atoms with E-state index in [1.165, 1.54) is 14.2 Å². The Morgan fingerprint density at radius 1 is 0.720 bits per heavy atom. The molecule has 5 aromatic rings. The van der Waals surface area contributed by atoms with Gasteiger partial charge in [-0.05, 0) is 48.9 Å². The fourth-order valence-corrected chi connectivity index (χ4v) is 7.23. The maximum Gasteiger partial charge on any atom is 0.407 e. The first-order chi connectivity index (χ1) is 23.9. The number of carbonyl (C=O) groups is 4. The average Bonchev–Trinajstić information content (AvgIpc) is 3.89. The molecule has 0 saturated carbocycles. The molecule has 0 aliphatic carbocycles. The molecule has 0 atom stereocenters. The molecule has 0 fully saturated rings.